The number of aromatic nitrogens is 2. The first kappa shape index (κ1) is 20.3. The molecule has 0 unspecified atom stereocenters. The zero-order valence-corrected chi connectivity index (χ0v) is 19.4. The van der Waals surface area contributed by atoms with Crippen molar-refractivity contribution < 1.29 is 0 Å². The van der Waals surface area contributed by atoms with E-state index in [0.29, 0.717) is 22.6 Å². The fourth-order valence-corrected chi connectivity index (χ4v) is 6.28. The number of thiophene rings is 1. The van der Waals surface area contributed by atoms with Crippen LogP contribution >= 0.6 is 22.9 Å². The summed E-state index contributed by atoms with van der Waals surface area (Å²) >= 11 is 7.66. The van der Waals surface area contributed by atoms with E-state index in [1.165, 1.54) is 15.0 Å². The number of aryl methyl sites for hydroxylation is 5. The van der Waals surface area contributed by atoms with E-state index in [4.69, 9.17) is 11.6 Å². The number of nitrogens with zero attached hydrogens (tertiary/aromatic N) is 2. The molecule has 4 aromatic rings. The SMILES string of the molecule is Cc1cc(C)c(Cn2c(=O)n(-c3ccc(Cl)cc3)c(=O)c3c4c(sc32)CCC4)c(C)c1. The van der Waals surface area contributed by atoms with Crippen LogP contribution in [-0.4, -0.2) is 9.13 Å². The minimum absolute atomic E-state index is 0.227. The van der Waals surface area contributed by atoms with Crippen LogP contribution in [-0.2, 0) is 19.4 Å². The molecule has 0 saturated heterocycles. The van der Waals surface area contributed by atoms with Gasteiger partial charge in [-0.05, 0) is 86.6 Å². The highest BCUT2D eigenvalue weighted by molar-refractivity contribution is 7.18. The molecule has 0 spiro atoms. The lowest BCUT2D eigenvalue weighted by Gasteiger charge is -2.16. The monoisotopic (exact) mass is 450 g/mol. The van der Waals surface area contributed by atoms with Crippen molar-refractivity contribution in [3.05, 3.63) is 95.0 Å². The molecule has 158 valence electrons. The number of hydrogen-bond acceptors (Lipinski definition) is 3. The Labute approximate surface area is 189 Å². The topological polar surface area (TPSA) is 44.0 Å². The highest BCUT2D eigenvalue weighted by Gasteiger charge is 2.25. The van der Waals surface area contributed by atoms with Gasteiger partial charge >= 0.3 is 5.69 Å². The highest BCUT2D eigenvalue weighted by atomic mass is 35.5. The molecule has 0 atom stereocenters. The van der Waals surface area contributed by atoms with Crippen molar-refractivity contribution in [1.82, 2.24) is 9.13 Å². The number of fused-ring (bicyclic) bond motifs is 3. The van der Waals surface area contributed by atoms with E-state index >= 15 is 0 Å². The number of halogens is 1. The van der Waals surface area contributed by atoms with Crippen LogP contribution < -0.4 is 11.2 Å². The van der Waals surface area contributed by atoms with E-state index in [1.54, 1.807) is 40.2 Å². The summed E-state index contributed by atoms with van der Waals surface area (Å²) in [4.78, 5) is 29.3. The molecule has 2 heterocycles. The van der Waals surface area contributed by atoms with Gasteiger partial charge in [-0.2, -0.15) is 0 Å². The number of rotatable bonds is 3. The lowest BCUT2D eigenvalue weighted by molar-refractivity contribution is 0.713. The van der Waals surface area contributed by atoms with Crippen LogP contribution in [0.25, 0.3) is 15.9 Å². The maximum atomic E-state index is 13.7. The summed E-state index contributed by atoms with van der Waals surface area (Å²) in [5, 5.41) is 1.27. The van der Waals surface area contributed by atoms with Crippen molar-refractivity contribution in [2.45, 2.75) is 46.6 Å². The first-order chi connectivity index (χ1) is 14.8. The van der Waals surface area contributed by atoms with Gasteiger partial charge in [0.15, 0.2) is 0 Å². The summed E-state index contributed by atoms with van der Waals surface area (Å²) in [5.74, 6) is 0. The molecule has 2 aromatic heterocycles. The van der Waals surface area contributed by atoms with Gasteiger partial charge in [-0.1, -0.05) is 29.3 Å². The van der Waals surface area contributed by atoms with Crippen LogP contribution in [0.2, 0.25) is 5.02 Å². The van der Waals surface area contributed by atoms with Gasteiger partial charge in [-0.3, -0.25) is 9.36 Å². The fraction of sp³-hybridized carbons (Fsp3) is 0.280. The molecule has 0 radical (unpaired) electrons. The molecule has 6 heteroatoms. The molecule has 5 rings (SSSR count). The van der Waals surface area contributed by atoms with E-state index in [2.05, 4.69) is 32.9 Å². The smallest absolute Gasteiger partial charge is 0.279 e. The summed E-state index contributed by atoms with van der Waals surface area (Å²) < 4.78 is 3.10. The summed E-state index contributed by atoms with van der Waals surface area (Å²) in [6, 6.07) is 11.2. The molecule has 0 N–H and O–H groups in total. The summed E-state index contributed by atoms with van der Waals surface area (Å²) in [7, 11) is 0. The van der Waals surface area contributed by atoms with Crippen LogP contribution in [0.3, 0.4) is 0 Å². The Morgan fingerprint density at radius 1 is 1.00 bits per heavy atom. The van der Waals surface area contributed by atoms with Gasteiger partial charge in [0.05, 0.1) is 17.6 Å². The Kier molecular flexibility index (Phi) is 4.91. The van der Waals surface area contributed by atoms with Gasteiger partial charge in [0.25, 0.3) is 5.56 Å². The molecule has 0 fully saturated rings. The third-order valence-corrected chi connectivity index (χ3v) is 7.80. The maximum absolute atomic E-state index is 13.7. The Morgan fingerprint density at radius 3 is 2.35 bits per heavy atom. The molecule has 1 aliphatic rings. The molecule has 0 aliphatic heterocycles. The Bertz CT molecular complexity index is 1440. The third kappa shape index (κ3) is 3.27. The average Bonchev–Trinajstić information content (AvgIpc) is 3.29. The van der Waals surface area contributed by atoms with Crippen LogP contribution in [0, 0.1) is 20.8 Å². The second-order valence-corrected chi connectivity index (χ2v) is 9.92. The zero-order valence-electron chi connectivity index (χ0n) is 17.8. The van der Waals surface area contributed by atoms with Crippen LogP contribution in [0.15, 0.2) is 46.0 Å². The lowest BCUT2D eigenvalue weighted by Crippen LogP contribution is -2.39. The van der Waals surface area contributed by atoms with Crippen molar-refractivity contribution in [1.29, 1.82) is 0 Å². The van der Waals surface area contributed by atoms with Gasteiger partial charge in [-0.15, -0.1) is 11.3 Å². The molecule has 1 aliphatic carbocycles. The van der Waals surface area contributed by atoms with Crippen molar-refractivity contribution in [3.63, 3.8) is 0 Å². The average molecular weight is 451 g/mol. The number of hydrogen-bond donors (Lipinski definition) is 0. The molecule has 2 aromatic carbocycles. The Balaban J connectivity index is 1.83. The summed E-state index contributed by atoms with van der Waals surface area (Å²) in [6.07, 6.45) is 2.94. The lowest BCUT2D eigenvalue weighted by atomic mass is 10.00. The largest absolute Gasteiger partial charge is 0.337 e. The molecule has 31 heavy (non-hydrogen) atoms. The standard InChI is InChI=1S/C25H23ClN2O2S/c1-14-11-15(2)20(16(3)12-14)13-27-24-22(19-5-4-6-21(19)31-24)23(29)28(25(27)30)18-9-7-17(26)8-10-18/h7-12H,4-6,13H2,1-3H3. The van der Waals surface area contributed by atoms with Crippen molar-refractivity contribution in [2.24, 2.45) is 0 Å². The first-order valence-corrected chi connectivity index (χ1v) is 11.7. The Morgan fingerprint density at radius 2 is 1.68 bits per heavy atom. The van der Waals surface area contributed by atoms with Crippen molar-refractivity contribution in [2.75, 3.05) is 0 Å². The maximum Gasteiger partial charge on any atom is 0.337 e. The number of benzene rings is 2. The molecule has 0 amide bonds. The van der Waals surface area contributed by atoms with E-state index in [1.807, 2.05) is 0 Å². The minimum Gasteiger partial charge on any atom is -0.279 e. The van der Waals surface area contributed by atoms with E-state index in [9.17, 15) is 9.59 Å². The second-order valence-electron chi connectivity index (χ2n) is 8.40. The van der Waals surface area contributed by atoms with Crippen LogP contribution in [0.1, 0.15) is 39.1 Å². The zero-order chi connectivity index (χ0) is 21.9. The van der Waals surface area contributed by atoms with E-state index in [0.717, 1.165) is 46.3 Å². The summed E-state index contributed by atoms with van der Waals surface area (Å²) in [6.45, 7) is 6.70. The minimum atomic E-state index is -0.306. The van der Waals surface area contributed by atoms with Crippen molar-refractivity contribution in [3.8, 4) is 5.69 Å². The van der Waals surface area contributed by atoms with Gasteiger partial charge in [0, 0.05) is 9.90 Å². The predicted octanol–water partition coefficient (Wildman–Crippen LogP) is 5.33. The molecular formula is C25H23ClN2O2S. The van der Waals surface area contributed by atoms with Crippen LogP contribution in [0.4, 0.5) is 0 Å². The molecular weight excluding hydrogens is 428 g/mol. The molecule has 0 saturated carbocycles. The van der Waals surface area contributed by atoms with E-state index < -0.39 is 0 Å². The quantitative estimate of drug-likeness (QED) is 0.423. The van der Waals surface area contributed by atoms with Gasteiger partial charge < -0.3 is 0 Å². The highest BCUT2D eigenvalue weighted by Crippen LogP contribution is 2.35. The van der Waals surface area contributed by atoms with Gasteiger partial charge in [0.1, 0.15) is 4.83 Å². The van der Waals surface area contributed by atoms with E-state index in [-0.39, 0.29) is 11.2 Å². The van der Waals surface area contributed by atoms with Crippen molar-refractivity contribution >= 4 is 33.2 Å². The fourth-order valence-electron chi connectivity index (χ4n) is 4.78. The van der Waals surface area contributed by atoms with Gasteiger partial charge in [0.2, 0.25) is 0 Å². The molecule has 4 nitrogen and oxygen atoms in total. The van der Waals surface area contributed by atoms with Crippen LogP contribution in [0.5, 0.6) is 0 Å². The normalized spacial score (nSPS) is 13.2. The predicted molar refractivity (Wildman–Crippen MR) is 128 cm³/mol. The Hall–Kier alpha value is -2.63. The second kappa shape index (κ2) is 7.50. The third-order valence-electron chi connectivity index (χ3n) is 6.23. The summed E-state index contributed by atoms with van der Waals surface area (Å²) in [5.41, 5.74) is 5.79. The molecule has 0 bridgehead atoms. The van der Waals surface area contributed by atoms with Gasteiger partial charge in [-0.25, -0.2) is 9.36 Å². The first-order valence-electron chi connectivity index (χ1n) is 10.5.